The van der Waals surface area contributed by atoms with Gasteiger partial charge in [-0.2, -0.15) is 0 Å². The lowest BCUT2D eigenvalue weighted by Crippen LogP contribution is -2.58. The number of hydrogen-bond donors (Lipinski definition) is 1. The molecular weight excluding hydrogens is 244 g/mol. The van der Waals surface area contributed by atoms with Crippen molar-refractivity contribution in [2.24, 2.45) is 11.8 Å². The molecule has 5 atom stereocenters. The van der Waals surface area contributed by atoms with Crippen molar-refractivity contribution in [3.8, 4) is 0 Å². The second-order valence-electron chi connectivity index (χ2n) is 7.42. The summed E-state index contributed by atoms with van der Waals surface area (Å²) in [4.78, 5) is 2.89. The molecule has 0 radical (unpaired) electrons. The van der Waals surface area contributed by atoms with Crippen LogP contribution in [-0.4, -0.2) is 17.5 Å². The minimum absolute atomic E-state index is 0.716. The highest BCUT2D eigenvalue weighted by atomic mass is 15.2. The fourth-order valence-electron chi connectivity index (χ4n) is 6.10. The summed E-state index contributed by atoms with van der Waals surface area (Å²) < 4.78 is 0. The highest BCUT2D eigenvalue weighted by Crippen LogP contribution is 2.62. The van der Waals surface area contributed by atoms with Crippen LogP contribution >= 0.6 is 0 Å². The Bertz CT molecular complexity index is 552. The predicted octanol–water partition coefficient (Wildman–Crippen LogP) is 3.69. The van der Waals surface area contributed by atoms with Gasteiger partial charge in [0.15, 0.2) is 0 Å². The van der Waals surface area contributed by atoms with Gasteiger partial charge in [0.2, 0.25) is 0 Å². The lowest BCUT2D eigenvalue weighted by atomic mass is 9.59. The van der Waals surface area contributed by atoms with Gasteiger partial charge in [0.05, 0.1) is 0 Å². The Labute approximate surface area is 121 Å². The van der Waals surface area contributed by atoms with E-state index in [9.17, 15) is 0 Å². The molecule has 1 aromatic rings. The number of nitrogen functional groups attached to an aromatic ring is 1. The van der Waals surface area contributed by atoms with Crippen LogP contribution in [0.1, 0.15) is 61.6 Å². The molecule has 20 heavy (non-hydrogen) atoms. The van der Waals surface area contributed by atoms with Crippen LogP contribution < -0.4 is 5.73 Å². The third-order valence-corrected chi connectivity index (χ3v) is 6.64. The Morgan fingerprint density at radius 1 is 0.950 bits per heavy atom. The second kappa shape index (κ2) is 4.00. The molecule has 2 aliphatic carbocycles. The molecule has 1 aromatic carbocycles. The van der Waals surface area contributed by atoms with E-state index in [-0.39, 0.29) is 0 Å². The molecule has 0 spiro atoms. The molecule has 3 heterocycles. The van der Waals surface area contributed by atoms with Crippen molar-refractivity contribution in [1.29, 1.82) is 0 Å². The maximum atomic E-state index is 6.11. The number of rotatable bonds is 0. The van der Waals surface area contributed by atoms with Gasteiger partial charge in [0.1, 0.15) is 0 Å². The van der Waals surface area contributed by atoms with E-state index >= 15 is 0 Å². The number of anilines is 1. The number of nitrogens with two attached hydrogens (primary N) is 1. The molecule has 2 saturated heterocycles. The zero-order valence-corrected chi connectivity index (χ0v) is 12.1. The second-order valence-corrected chi connectivity index (χ2v) is 7.42. The first-order valence-corrected chi connectivity index (χ1v) is 8.49. The largest absolute Gasteiger partial charge is 0.399 e. The Morgan fingerprint density at radius 2 is 1.85 bits per heavy atom. The Balaban J connectivity index is 1.71. The van der Waals surface area contributed by atoms with E-state index < -0.39 is 0 Å². The van der Waals surface area contributed by atoms with E-state index in [2.05, 4.69) is 23.1 Å². The van der Waals surface area contributed by atoms with Gasteiger partial charge in [-0.1, -0.05) is 18.9 Å². The van der Waals surface area contributed by atoms with E-state index in [4.69, 9.17) is 5.73 Å². The standard InChI is InChI=1S/C18H24N2/c19-11-7-8-14-15(10-11)17-12-4-3-5-13(12)18(14)20-9-2-1-6-16(17)20/h7-8,10,12-13,16-18H,1-6,9,19H2/t12-,13+,16-,17-,18+/m1/s1. The summed E-state index contributed by atoms with van der Waals surface area (Å²) in [6.07, 6.45) is 8.62. The van der Waals surface area contributed by atoms with Gasteiger partial charge < -0.3 is 5.73 Å². The quantitative estimate of drug-likeness (QED) is 0.727. The molecule has 106 valence electrons. The van der Waals surface area contributed by atoms with E-state index in [1.807, 2.05) is 0 Å². The van der Waals surface area contributed by atoms with Crippen LogP contribution in [-0.2, 0) is 0 Å². The first-order valence-electron chi connectivity index (χ1n) is 8.49. The van der Waals surface area contributed by atoms with Gasteiger partial charge in [-0.15, -0.1) is 0 Å². The van der Waals surface area contributed by atoms with E-state index in [0.717, 1.165) is 29.5 Å². The van der Waals surface area contributed by atoms with E-state index in [1.165, 1.54) is 45.1 Å². The molecule has 0 unspecified atom stereocenters. The normalized spacial score (nSPS) is 42.1. The lowest BCUT2D eigenvalue weighted by Gasteiger charge is -2.59. The molecule has 3 aliphatic heterocycles. The summed E-state index contributed by atoms with van der Waals surface area (Å²) in [7, 11) is 0. The molecule has 0 aromatic heterocycles. The third-order valence-electron chi connectivity index (χ3n) is 6.64. The van der Waals surface area contributed by atoms with Crippen molar-refractivity contribution in [2.45, 2.75) is 56.5 Å². The third kappa shape index (κ3) is 1.34. The van der Waals surface area contributed by atoms with Crippen LogP contribution in [0.25, 0.3) is 0 Å². The zero-order valence-electron chi connectivity index (χ0n) is 12.1. The first kappa shape index (κ1) is 11.6. The molecule has 6 rings (SSSR count). The Hall–Kier alpha value is -1.02. The Kier molecular flexibility index (Phi) is 2.33. The minimum Gasteiger partial charge on any atom is -0.399 e. The molecule has 2 N–H and O–H groups in total. The van der Waals surface area contributed by atoms with Crippen LogP contribution in [0.15, 0.2) is 18.2 Å². The summed E-state index contributed by atoms with van der Waals surface area (Å²) >= 11 is 0. The molecule has 3 fully saturated rings. The van der Waals surface area contributed by atoms with Crippen LogP contribution in [0.2, 0.25) is 0 Å². The van der Waals surface area contributed by atoms with Crippen LogP contribution in [0.5, 0.6) is 0 Å². The average molecular weight is 268 g/mol. The molecule has 0 amide bonds. The van der Waals surface area contributed by atoms with Gasteiger partial charge in [-0.25, -0.2) is 0 Å². The minimum atomic E-state index is 0.716. The van der Waals surface area contributed by atoms with Gasteiger partial charge >= 0.3 is 0 Å². The number of benzene rings is 1. The highest BCUT2D eigenvalue weighted by molar-refractivity contribution is 5.51. The first-order chi connectivity index (χ1) is 9.84. The molecule has 1 saturated carbocycles. The van der Waals surface area contributed by atoms with Crippen LogP contribution in [0.4, 0.5) is 5.69 Å². The fourth-order valence-corrected chi connectivity index (χ4v) is 6.10. The monoisotopic (exact) mass is 268 g/mol. The lowest BCUT2D eigenvalue weighted by molar-refractivity contribution is -0.0440. The van der Waals surface area contributed by atoms with Gasteiger partial charge in [-0.05, 0) is 67.3 Å². The van der Waals surface area contributed by atoms with E-state index in [0.29, 0.717) is 6.04 Å². The maximum Gasteiger partial charge on any atom is 0.0385 e. The summed E-state index contributed by atoms with van der Waals surface area (Å²) in [5.74, 6) is 2.67. The van der Waals surface area contributed by atoms with E-state index in [1.54, 1.807) is 11.1 Å². The highest BCUT2D eigenvalue weighted by Gasteiger charge is 2.56. The van der Waals surface area contributed by atoms with Crippen molar-refractivity contribution >= 4 is 5.69 Å². The molecule has 2 nitrogen and oxygen atoms in total. The number of nitrogens with zero attached hydrogens (tertiary/aromatic N) is 1. The van der Waals surface area contributed by atoms with Crippen molar-refractivity contribution in [3.05, 3.63) is 29.3 Å². The summed E-state index contributed by atoms with van der Waals surface area (Å²) in [5, 5.41) is 0. The number of piperidine rings is 2. The summed E-state index contributed by atoms with van der Waals surface area (Å²) in [5.41, 5.74) is 10.3. The molecule has 2 heteroatoms. The topological polar surface area (TPSA) is 29.3 Å². The van der Waals surface area contributed by atoms with Crippen LogP contribution in [0.3, 0.4) is 0 Å². The predicted molar refractivity (Wildman–Crippen MR) is 81.5 cm³/mol. The van der Waals surface area contributed by atoms with Crippen LogP contribution in [0, 0.1) is 11.8 Å². The zero-order chi connectivity index (χ0) is 13.3. The average Bonchev–Trinajstić information content (AvgIpc) is 2.96. The van der Waals surface area contributed by atoms with Crippen molar-refractivity contribution < 1.29 is 0 Å². The van der Waals surface area contributed by atoms with Gasteiger partial charge in [0.25, 0.3) is 0 Å². The fraction of sp³-hybridized carbons (Fsp3) is 0.667. The summed E-state index contributed by atoms with van der Waals surface area (Å²) in [6.45, 7) is 1.33. The SMILES string of the molecule is Nc1ccc2c(c1)[C@H]1[C@@H]3CCC[C@@H]3[C@@H]2N2CCCC[C@H]12. The molecule has 5 aliphatic rings. The smallest absolute Gasteiger partial charge is 0.0385 e. The summed E-state index contributed by atoms with van der Waals surface area (Å²) in [6, 6.07) is 8.33. The van der Waals surface area contributed by atoms with Gasteiger partial charge in [0, 0.05) is 23.7 Å². The van der Waals surface area contributed by atoms with Crippen molar-refractivity contribution in [3.63, 3.8) is 0 Å². The maximum absolute atomic E-state index is 6.11. The number of hydrogen-bond acceptors (Lipinski definition) is 2. The Morgan fingerprint density at radius 3 is 2.80 bits per heavy atom. The molecule has 2 bridgehead atoms. The van der Waals surface area contributed by atoms with Crippen molar-refractivity contribution in [1.82, 2.24) is 4.90 Å². The van der Waals surface area contributed by atoms with Gasteiger partial charge in [-0.3, -0.25) is 4.90 Å². The molecular formula is C18H24N2. The van der Waals surface area contributed by atoms with Crippen molar-refractivity contribution in [2.75, 3.05) is 12.3 Å².